The molecule has 0 unspecified atom stereocenters. The minimum absolute atomic E-state index is 0.147. The molecule has 2 amide bonds. The molecule has 2 heterocycles. The fourth-order valence-electron chi connectivity index (χ4n) is 1.54. The van der Waals surface area contributed by atoms with Crippen molar-refractivity contribution in [2.45, 2.75) is 26.2 Å². The van der Waals surface area contributed by atoms with Crippen LogP contribution in [0.4, 0.5) is 0 Å². The van der Waals surface area contributed by atoms with Crippen LogP contribution in [0.5, 0.6) is 0 Å². The van der Waals surface area contributed by atoms with Gasteiger partial charge in [0.25, 0.3) is 5.91 Å². The second kappa shape index (κ2) is 6.33. The molecule has 20 heavy (non-hydrogen) atoms. The zero-order valence-corrected chi connectivity index (χ0v) is 12.1. The molecule has 0 atom stereocenters. The Hall–Kier alpha value is -2.15. The molecule has 0 saturated carbocycles. The second-order valence-corrected chi connectivity index (χ2v) is 5.48. The van der Waals surface area contributed by atoms with E-state index in [0.29, 0.717) is 17.3 Å². The lowest BCUT2D eigenvalue weighted by Gasteiger charge is -2.05. The summed E-state index contributed by atoms with van der Waals surface area (Å²) in [5.41, 5.74) is 5.81. The van der Waals surface area contributed by atoms with E-state index in [1.54, 1.807) is 18.3 Å². The third-order valence-corrected chi connectivity index (χ3v) is 3.76. The SMILES string of the molecule is CC(C)c1nc(CC(=O)NNC(=O)c2ccc[nH]2)cs1. The molecule has 0 bridgehead atoms. The fraction of sp³-hybridized carbons (Fsp3) is 0.308. The third kappa shape index (κ3) is 3.67. The Labute approximate surface area is 120 Å². The maximum absolute atomic E-state index is 11.7. The lowest BCUT2D eigenvalue weighted by atomic mass is 10.2. The zero-order chi connectivity index (χ0) is 14.5. The summed E-state index contributed by atoms with van der Waals surface area (Å²) in [6, 6.07) is 3.33. The van der Waals surface area contributed by atoms with Gasteiger partial charge in [0.1, 0.15) is 5.69 Å². The summed E-state index contributed by atoms with van der Waals surface area (Å²) in [5.74, 6) is -0.334. The topological polar surface area (TPSA) is 86.9 Å². The Morgan fingerprint density at radius 3 is 2.80 bits per heavy atom. The summed E-state index contributed by atoms with van der Waals surface area (Å²) >= 11 is 1.54. The number of nitrogens with zero attached hydrogens (tertiary/aromatic N) is 1. The minimum Gasteiger partial charge on any atom is -0.357 e. The van der Waals surface area contributed by atoms with E-state index in [0.717, 1.165) is 5.01 Å². The first-order valence-corrected chi connectivity index (χ1v) is 7.11. The van der Waals surface area contributed by atoms with Crippen molar-refractivity contribution in [3.63, 3.8) is 0 Å². The third-order valence-electron chi connectivity index (χ3n) is 2.56. The number of rotatable bonds is 4. The minimum atomic E-state index is -0.385. The predicted octanol–water partition coefficient (Wildman–Crippen LogP) is 1.60. The molecule has 6 nitrogen and oxygen atoms in total. The van der Waals surface area contributed by atoms with E-state index in [1.165, 1.54) is 11.3 Å². The number of H-pyrrole nitrogens is 1. The van der Waals surface area contributed by atoms with Crippen LogP contribution in [0.1, 0.15) is 41.0 Å². The first-order valence-electron chi connectivity index (χ1n) is 6.23. The number of hydrogen-bond donors (Lipinski definition) is 3. The average Bonchev–Trinajstić information content (AvgIpc) is 3.06. The van der Waals surface area contributed by atoms with Crippen LogP contribution < -0.4 is 10.9 Å². The van der Waals surface area contributed by atoms with Gasteiger partial charge in [0.05, 0.1) is 17.1 Å². The molecule has 0 spiro atoms. The van der Waals surface area contributed by atoms with Crippen LogP contribution >= 0.6 is 11.3 Å². The van der Waals surface area contributed by atoms with Gasteiger partial charge in [-0.1, -0.05) is 13.8 Å². The number of hydrogen-bond acceptors (Lipinski definition) is 4. The molecule has 2 aromatic rings. The van der Waals surface area contributed by atoms with Crippen LogP contribution in [-0.4, -0.2) is 21.8 Å². The number of hydrazine groups is 1. The number of amides is 2. The highest BCUT2D eigenvalue weighted by atomic mass is 32.1. The van der Waals surface area contributed by atoms with Crippen molar-refractivity contribution in [1.82, 2.24) is 20.8 Å². The van der Waals surface area contributed by atoms with E-state index in [-0.39, 0.29) is 18.2 Å². The monoisotopic (exact) mass is 292 g/mol. The molecular weight excluding hydrogens is 276 g/mol. The number of nitrogens with one attached hydrogen (secondary N) is 3. The molecule has 0 aliphatic carbocycles. The highest BCUT2D eigenvalue weighted by molar-refractivity contribution is 7.09. The second-order valence-electron chi connectivity index (χ2n) is 4.59. The molecule has 3 N–H and O–H groups in total. The van der Waals surface area contributed by atoms with Crippen LogP contribution in [0.3, 0.4) is 0 Å². The van der Waals surface area contributed by atoms with Gasteiger partial charge in [-0.25, -0.2) is 4.98 Å². The number of aromatic amines is 1. The summed E-state index contributed by atoms with van der Waals surface area (Å²) in [5, 5.41) is 2.87. The number of carbonyl (C=O) groups is 2. The molecule has 0 fully saturated rings. The van der Waals surface area contributed by atoms with Crippen LogP contribution in [0.15, 0.2) is 23.7 Å². The van der Waals surface area contributed by atoms with Crippen molar-refractivity contribution in [2.24, 2.45) is 0 Å². The van der Waals surface area contributed by atoms with Crippen LogP contribution in [0.25, 0.3) is 0 Å². The highest BCUT2D eigenvalue weighted by Gasteiger charge is 2.11. The van der Waals surface area contributed by atoms with Crippen LogP contribution in [0.2, 0.25) is 0 Å². The van der Waals surface area contributed by atoms with Gasteiger partial charge in [-0.15, -0.1) is 11.3 Å². The number of thiazole rings is 1. The summed E-state index contributed by atoms with van der Waals surface area (Å²) in [7, 11) is 0. The molecule has 0 saturated heterocycles. The largest absolute Gasteiger partial charge is 0.357 e. The van der Waals surface area contributed by atoms with Crippen molar-refractivity contribution in [2.75, 3.05) is 0 Å². The predicted molar refractivity (Wildman–Crippen MR) is 76.3 cm³/mol. The molecule has 2 rings (SSSR count). The molecule has 0 aliphatic heterocycles. The Balaban J connectivity index is 1.82. The van der Waals surface area contributed by atoms with E-state index >= 15 is 0 Å². The normalized spacial score (nSPS) is 10.6. The Morgan fingerprint density at radius 1 is 1.40 bits per heavy atom. The first kappa shape index (κ1) is 14.3. The average molecular weight is 292 g/mol. The Morgan fingerprint density at radius 2 is 2.20 bits per heavy atom. The summed E-state index contributed by atoms with van der Waals surface area (Å²) in [6.45, 7) is 4.11. The standard InChI is InChI=1S/C13H16N4O2S/c1-8(2)13-15-9(7-20-13)6-11(18)16-17-12(19)10-4-3-5-14-10/h3-5,7-8,14H,6H2,1-2H3,(H,16,18)(H,17,19). The quantitative estimate of drug-likeness (QED) is 0.748. The maximum Gasteiger partial charge on any atom is 0.286 e. The number of aromatic nitrogens is 2. The van der Waals surface area contributed by atoms with Gasteiger partial charge >= 0.3 is 0 Å². The Bertz CT molecular complexity index is 589. The van der Waals surface area contributed by atoms with E-state index in [4.69, 9.17) is 0 Å². The fourth-order valence-corrected chi connectivity index (χ4v) is 2.38. The first-order chi connectivity index (χ1) is 9.56. The molecule has 0 aliphatic rings. The summed E-state index contributed by atoms with van der Waals surface area (Å²) in [4.78, 5) is 30.4. The maximum atomic E-state index is 11.7. The molecule has 106 valence electrons. The van der Waals surface area contributed by atoms with E-state index in [2.05, 4.69) is 34.7 Å². The van der Waals surface area contributed by atoms with Crippen molar-refractivity contribution in [3.8, 4) is 0 Å². The number of carbonyl (C=O) groups excluding carboxylic acids is 2. The summed E-state index contributed by atoms with van der Waals surface area (Å²) in [6.07, 6.45) is 1.79. The van der Waals surface area contributed by atoms with Crippen molar-refractivity contribution >= 4 is 23.2 Å². The molecule has 0 radical (unpaired) electrons. The molecule has 0 aromatic carbocycles. The van der Waals surface area contributed by atoms with Gasteiger partial charge < -0.3 is 4.98 Å². The highest BCUT2D eigenvalue weighted by Crippen LogP contribution is 2.19. The molecule has 2 aromatic heterocycles. The summed E-state index contributed by atoms with van der Waals surface area (Å²) < 4.78 is 0. The molecule has 7 heteroatoms. The van der Waals surface area contributed by atoms with Gasteiger partial charge in [0, 0.05) is 17.5 Å². The van der Waals surface area contributed by atoms with Gasteiger partial charge in [0.2, 0.25) is 5.91 Å². The molecular formula is C13H16N4O2S. The van der Waals surface area contributed by atoms with Gasteiger partial charge in [0.15, 0.2) is 0 Å². The Kier molecular flexibility index (Phi) is 4.52. The van der Waals surface area contributed by atoms with E-state index in [1.807, 2.05) is 5.38 Å². The van der Waals surface area contributed by atoms with E-state index in [9.17, 15) is 9.59 Å². The van der Waals surface area contributed by atoms with Crippen LogP contribution in [-0.2, 0) is 11.2 Å². The van der Waals surface area contributed by atoms with Gasteiger partial charge in [-0.3, -0.25) is 20.4 Å². The smallest absolute Gasteiger partial charge is 0.286 e. The van der Waals surface area contributed by atoms with Crippen LogP contribution in [0, 0.1) is 0 Å². The zero-order valence-electron chi connectivity index (χ0n) is 11.3. The lowest BCUT2D eigenvalue weighted by Crippen LogP contribution is -2.42. The van der Waals surface area contributed by atoms with E-state index < -0.39 is 0 Å². The van der Waals surface area contributed by atoms with Crippen molar-refractivity contribution < 1.29 is 9.59 Å². The van der Waals surface area contributed by atoms with Gasteiger partial charge in [-0.05, 0) is 12.1 Å². The van der Waals surface area contributed by atoms with Gasteiger partial charge in [-0.2, -0.15) is 0 Å². The lowest BCUT2D eigenvalue weighted by molar-refractivity contribution is -0.121. The van der Waals surface area contributed by atoms with Crippen molar-refractivity contribution in [1.29, 1.82) is 0 Å². The van der Waals surface area contributed by atoms with Crippen molar-refractivity contribution in [3.05, 3.63) is 40.1 Å².